The molecule has 142 valence electrons. The highest BCUT2D eigenvalue weighted by molar-refractivity contribution is 6.28. The standard InChI is InChI=1S/C23H21ClN2O2/c1-15(2)27-23(26)22(24,14-25)20(17-9-4-3-5-10-17)19-13-12-16-8-6-7-11-18(16)21(19)28-23/h3-13,15,20H,26H2,1-2H3. The van der Waals surface area contributed by atoms with Gasteiger partial charge in [-0.05, 0) is 24.8 Å². The third kappa shape index (κ3) is 2.75. The second-order valence-corrected chi connectivity index (χ2v) is 7.90. The molecular formula is C23H21ClN2O2. The molecule has 0 fully saturated rings. The summed E-state index contributed by atoms with van der Waals surface area (Å²) >= 11 is 6.95. The maximum Gasteiger partial charge on any atom is 0.302 e. The Labute approximate surface area is 169 Å². The van der Waals surface area contributed by atoms with Crippen LogP contribution in [0.3, 0.4) is 0 Å². The molecule has 4 rings (SSSR count). The minimum Gasteiger partial charge on any atom is -0.445 e. The van der Waals surface area contributed by atoms with Crippen molar-refractivity contribution in [1.82, 2.24) is 0 Å². The van der Waals surface area contributed by atoms with Gasteiger partial charge in [-0.25, -0.2) is 0 Å². The molecule has 1 heterocycles. The highest BCUT2D eigenvalue weighted by atomic mass is 35.5. The van der Waals surface area contributed by atoms with E-state index in [1.54, 1.807) is 0 Å². The molecule has 0 spiro atoms. The van der Waals surface area contributed by atoms with Crippen molar-refractivity contribution in [3.05, 3.63) is 77.9 Å². The first-order valence-electron chi connectivity index (χ1n) is 9.22. The van der Waals surface area contributed by atoms with E-state index < -0.39 is 16.7 Å². The molecule has 3 aromatic rings. The fourth-order valence-corrected chi connectivity index (χ4v) is 4.23. The van der Waals surface area contributed by atoms with Crippen LogP contribution in [-0.4, -0.2) is 16.9 Å². The van der Waals surface area contributed by atoms with Crippen LogP contribution in [0.1, 0.15) is 30.9 Å². The summed E-state index contributed by atoms with van der Waals surface area (Å²) in [5.41, 5.74) is 8.27. The van der Waals surface area contributed by atoms with Gasteiger partial charge in [0.15, 0.2) is 0 Å². The molecule has 3 aromatic carbocycles. The summed E-state index contributed by atoms with van der Waals surface area (Å²) in [4.78, 5) is -1.66. The van der Waals surface area contributed by atoms with E-state index in [4.69, 9.17) is 26.8 Å². The Bertz CT molecular complexity index is 1060. The van der Waals surface area contributed by atoms with Gasteiger partial charge in [0.2, 0.25) is 4.87 Å². The molecule has 2 N–H and O–H groups in total. The van der Waals surface area contributed by atoms with E-state index in [1.807, 2.05) is 80.6 Å². The SMILES string of the molecule is CC(C)OC1(N)Oc2c(ccc3ccccc23)C(c2ccccc2)C1(Cl)C#N. The Balaban J connectivity index is 2.05. The lowest BCUT2D eigenvalue weighted by Gasteiger charge is -2.48. The van der Waals surface area contributed by atoms with Crippen LogP contribution in [-0.2, 0) is 4.74 Å². The number of hydrogen-bond acceptors (Lipinski definition) is 4. The average Bonchev–Trinajstić information content (AvgIpc) is 2.69. The molecule has 1 aliphatic rings. The van der Waals surface area contributed by atoms with E-state index in [2.05, 4.69) is 6.07 Å². The Kier molecular flexibility index (Phi) is 4.55. The largest absolute Gasteiger partial charge is 0.445 e. The monoisotopic (exact) mass is 392 g/mol. The Morgan fingerprint density at radius 2 is 1.75 bits per heavy atom. The summed E-state index contributed by atoms with van der Waals surface area (Å²) < 4.78 is 12.1. The fourth-order valence-electron chi connectivity index (χ4n) is 3.90. The molecule has 1 aliphatic heterocycles. The number of alkyl halides is 1. The van der Waals surface area contributed by atoms with Crippen LogP contribution >= 0.6 is 11.6 Å². The smallest absolute Gasteiger partial charge is 0.302 e. The summed E-state index contributed by atoms with van der Waals surface area (Å²) in [6, 6.07) is 23.7. The number of ether oxygens (including phenoxy) is 2. The van der Waals surface area contributed by atoms with Gasteiger partial charge in [-0.3, -0.25) is 5.73 Å². The normalized spacial score (nSPS) is 26.5. The molecule has 4 nitrogen and oxygen atoms in total. The lowest BCUT2D eigenvalue weighted by atomic mass is 9.75. The van der Waals surface area contributed by atoms with Crippen molar-refractivity contribution in [2.45, 2.75) is 36.7 Å². The number of fused-ring (bicyclic) bond motifs is 3. The van der Waals surface area contributed by atoms with Crippen molar-refractivity contribution >= 4 is 22.4 Å². The zero-order chi connectivity index (χ0) is 19.9. The maximum atomic E-state index is 10.1. The highest BCUT2D eigenvalue weighted by Gasteiger charge is 2.62. The Morgan fingerprint density at radius 1 is 1.07 bits per heavy atom. The summed E-state index contributed by atoms with van der Waals surface area (Å²) in [7, 11) is 0. The van der Waals surface area contributed by atoms with Crippen LogP contribution in [0.2, 0.25) is 0 Å². The zero-order valence-corrected chi connectivity index (χ0v) is 16.5. The number of rotatable bonds is 3. The van der Waals surface area contributed by atoms with Crippen molar-refractivity contribution in [3.63, 3.8) is 0 Å². The van der Waals surface area contributed by atoms with E-state index in [0.717, 1.165) is 21.9 Å². The van der Waals surface area contributed by atoms with Crippen LogP contribution in [0, 0.1) is 11.3 Å². The lowest BCUT2D eigenvalue weighted by Crippen LogP contribution is -2.68. The van der Waals surface area contributed by atoms with E-state index in [9.17, 15) is 5.26 Å². The maximum absolute atomic E-state index is 10.1. The van der Waals surface area contributed by atoms with Gasteiger partial charge in [0, 0.05) is 10.9 Å². The second kappa shape index (κ2) is 6.79. The summed E-state index contributed by atoms with van der Waals surface area (Å²) in [5, 5.41) is 12.1. The first-order chi connectivity index (χ1) is 13.4. The first-order valence-corrected chi connectivity index (χ1v) is 9.60. The minimum atomic E-state index is -1.82. The van der Waals surface area contributed by atoms with Crippen molar-refractivity contribution in [3.8, 4) is 11.8 Å². The first kappa shape index (κ1) is 18.8. The van der Waals surface area contributed by atoms with Gasteiger partial charge in [-0.15, -0.1) is 0 Å². The van der Waals surface area contributed by atoms with Crippen molar-refractivity contribution in [1.29, 1.82) is 5.26 Å². The van der Waals surface area contributed by atoms with Gasteiger partial charge < -0.3 is 9.47 Å². The molecule has 3 atom stereocenters. The molecular weight excluding hydrogens is 372 g/mol. The van der Waals surface area contributed by atoms with E-state index >= 15 is 0 Å². The minimum absolute atomic E-state index is 0.288. The van der Waals surface area contributed by atoms with Gasteiger partial charge in [-0.1, -0.05) is 78.3 Å². The Morgan fingerprint density at radius 3 is 2.43 bits per heavy atom. The van der Waals surface area contributed by atoms with E-state index in [1.165, 1.54) is 0 Å². The average molecular weight is 393 g/mol. The van der Waals surface area contributed by atoms with Gasteiger partial charge in [-0.2, -0.15) is 5.26 Å². The number of benzene rings is 3. The number of hydrogen-bond donors (Lipinski definition) is 1. The molecule has 0 amide bonds. The van der Waals surface area contributed by atoms with Crippen LogP contribution in [0.25, 0.3) is 10.8 Å². The Hall–Kier alpha value is -2.58. The van der Waals surface area contributed by atoms with Gasteiger partial charge in [0.1, 0.15) is 5.75 Å². The zero-order valence-electron chi connectivity index (χ0n) is 15.7. The summed E-state index contributed by atoms with van der Waals surface area (Å²) in [5.74, 6) is -1.76. The predicted molar refractivity (Wildman–Crippen MR) is 110 cm³/mol. The molecule has 0 bridgehead atoms. The molecule has 28 heavy (non-hydrogen) atoms. The fraction of sp³-hybridized carbons (Fsp3) is 0.261. The van der Waals surface area contributed by atoms with Crippen molar-refractivity contribution in [2.75, 3.05) is 0 Å². The van der Waals surface area contributed by atoms with Crippen LogP contribution in [0.4, 0.5) is 0 Å². The molecule has 5 heteroatoms. The van der Waals surface area contributed by atoms with E-state index in [0.29, 0.717) is 5.75 Å². The topological polar surface area (TPSA) is 68.3 Å². The number of nitrogens with two attached hydrogens (primary N) is 1. The van der Waals surface area contributed by atoms with Crippen LogP contribution in [0.5, 0.6) is 5.75 Å². The third-order valence-electron chi connectivity index (χ3n) is 5.09. The quantitative estimate of drug-likeness (QED) is 0.508. The van der Waals surface area contributed by atoms with Crippen molar-refractivity contribution in [2.24, 2.45) is 5.73 Å². The van der Waals surface area contributed by atoms with Gasteiger partial charge >= 0.3 is 5.91 Å². The van der Waals surface area contributed by atoms with E-state index in [-0.39, 0.29) is 6.10 Å². The molecule has 0 aliphatic carbocycles. The second-order valence-electron chi connectivity index (χ2n) is 7.31. The molecule has 3 unspecified atom stereocenters. The number of nitriles is 1. The molecule has 0 saturated carbocycles. The van der Waals surface area contributed by atoms with Gasteiger partial charge in [0.25, 0.3) is 0 Å². The molecule has 0 saturated heterocycles. The molecule has 0 aromatic heterocycles. The third-order valence-corrected chi connectivity index (χ3v) is 5.65. The van der Waals surface area contributed by atoms with Gasteiger partial charge in [0.05, 0.1) is 18.1 Å². The highest BCUT2D eigenvalue weighted by Crippen LogP contribution is 2.54. The summed E-state index contributed by atoms with van der Waals surface area (Å²) in [6.45, 7) is 3.67. The summed E-state index contributed by atoms with van der Waals surface area (Å²) in [6.07, 6.45) is -0.288. The number of nitrogens with zero attached hydrogens (tertiary/aromatic N) is 1. The van der Waals surface area contributed by atoms with Crippen LogP contribution in [0.15, 0.2) is 66.7 Å². The molecule has 0 radical (unpaired) electrons. The van der Waals surface area contributed by atoms with Crippen LogP contribution < -0.4 is 10.5 Å². The number of halogens is 1. The lowest BCUT2D eigenvalue weighted by molar-refractivity contribution is -0.221. The van der Waals surface area contributed by atoms with Crippen molar-refractivity contribution < 1.29 is 9.47 Å². The predicted octanol–water partition coefficient (Wildman–Crippen LogP) is 4.90.